The summed E-state index contributed by atoms with van der Waals surface area (Å²) < 4.78 is 11.1. The molecule has 2 N–H and O–H groups in total. The molecule has 0 aromatic carbocycles. The van der Waals surface area contributed by atoms with Crippen molar-refractivity contribution >= 4 is 5.82 Å². The van der Waals surface area contributed by atoms with E-state index in [1.54, 1.807) is 13.3 Å². The molecule has 0 bridgehead atoms. The topological polar surface area (TPSA) is 55.4 Å². The fraction of sp³-hybridized carbons (Fsp3) is 0.643. The average molecular weight is 265 g/mol. The smallest absolute Gasteiger partial charge is 0.168 e. The first-order valence-corrected chi connectivity index (χ1v) is 6.95. The van der Waals surface area contributed by atoms with E-state index < -0.39 is 0 Å². The Kier molecular flexibility index (Phi) is 5.91. The monoisotopic (exact) mass is 265 g/mol. The first kappa shape index (κ1) is 14.1. The molecule has 1 aliphatic rings. The molecule has 1 fully saturated rings. The van der Waals surface area contributed by atoms with Crippen LogP contribution in [0.3, 0.4) is 0 Å². The van der Waals surface area contributed by atoms with Crippen molar-refractivity contribution in [1.82, 2.24) is 10.3 Å². The van der Waals surface area contributed by atoms with Crippen molar-refractivity contribution in [1.29, 1.82) is 0 Å². The highest BCUT2D eigenvalue weighted by atomic mass is 16.5. The molecular formula is C14H23N3O2. The molecule has 2 heterocycles. The van der Waals surface area contributed by atoms with E-state index >= 15 is 0 Å². The Morgan fingerprint density at radius 3 is 3.05 bits per heavy atom. The second-order valence-corrected chi connectivity index (χ2v) is 4.65. The molecule has 0 unspecified atom stereocenters. The Labute approximate surface area is 114 Å². The van der Waals surface area contributed by atoms with Gasteiger partial charge in [-0.25, -0.2) is 4.98 Å². The van der Waals surface area contributed by atoms with Crippen molar-refractivity contribution in [2.24, 2.45) is 0 Å². The summed E-state index contributed by atoms with van der Waals surface area (Å²) in [7, 11) is 1.66. The van der Waals surface area contributed by atoms with Gasteiger partial charge in [-0.05, 0) is 44.5 Å². The first-order valence-electron chi connectivity index (χ1n) is 6.95. The fourth-order valence-electron chi connectivity index (χ4n) is 2.18. The van der Waals surface area contributed by atoms with Crippen molar-refractivity contribution in [3.8, 4) is 5.75 Å². The summed E-state index contributed by atoms with van der Waals surface area (Å²) in [4.78, 5) is 4.25. The standard InChI is InChI=1S/C14H23N3O2/c1-18-13-4-2-7-16-14(13)17-8-3-11-19-12-5-9-15-10-6-12/h2,4,7,12,15H,3,5-6,8-11H2,1H3,(H,16,17). The molecule has 1 aromatic heterocycles. The van der Waals surface area contributed by atoms with Gasteiger partial charge in [0.1, 0.15) is 0 Å². The van der Waals surface area contributed by atoms with Gasteiger partial charge in [0.25, 0.3) is 0 Å². The molecule has 0 saturated carbocycles. The molecule has 0 aliphatic carbocycles. The molecule has 0 radical (unpaired) electrons. The third-order valence-corrected chi connectivity index (χ3v) is 3.24. The first-order chi connectivity index (χ1) is 9.40. The number of piperidine rings is 1. The molecule has 0 atom stereocenters. The molecule has 1 aromatic rings. The van der Waals surface area contributed by atoms with Crippen LogP contribution >= 0.6 is 0 Å². The van der Waals surface area contributed by atoms with Crippen LogP contribution in [-0.2, 0) is 4.74 Å². The SMILES string of the molecule is COc1cccnc1NCCCOC1CCNCC1. The predicted molar refractivity (Wildman–Crippen MR) is 75.7 cm³/mol. The zero-order chi connectivity index (χ0) is 13.3. The highest BCUT2D eigenvalue weighted by Crippen LogP contribution is 2.19. The van der Waals surface area contributed by atoms with Gasteiger partial charge in [0.05, 0.1) is 13.2 Å². The van der Waals surface area contributed by atoms with Crippen molar-refractivity contribution in [3.63, 3.8) is 0 Å². The molecule has 1 saturated heterocycles. The van der Waals surface area contributed by atoms with Crippen LogP contribution < -0.4 is 15.4 Å². The Morgan fingerprint density at radius 2 is 2.26 bits per heavy atom. The van der Waals surface area contributed by atoms with E-state index in [1.807, 2.05) is 12.1 Å². The van der Waals surface area contributed by atoms with E-state index in [2.05, 4.69) is 15.6 Å². The maximum atomic E-state index is 5.85. The highest BCUT2D eigenvalue weighted by molar-refractivity contribution is 5.49. The summed E-state index contributed by atoms with van der Waals surface area (Å²) in [5, 5.41) is 6.61. The summed E-state index contributed by atoms with van der Waals surface area (Å²) in [6.07, 6.45) is 5.42. The lowest BCUT2D eigenvalue weighted by molar-refractivity contribution is 0.0329. The quantitative estimate of drug-likeness (QED) is 0.734. The molecule has 0 amide bonds. The van der Waals surface area contributed by atoms with Crippen LogP contribution in [0.2, 0.25) is 0 Å². The minimum absolute atomic E-state index is 0.436. The maximum absolute atomic E-state index is 5.85. The van der Waals surface area contributed by atoms with Gasteiger partial charge in [-0.2, -0.15) is 0 Å². The highest BCUT2D eigenvalue weighted by Gasteiger charge is 2.12. The Balaban J connectivity index is 1.61. The zero-order valence-corrected chi connectivity index (χ0v) is 11.5. The van der Waals surface area contributed by atoms with Crippen molar-refractivity contribution in [2.75, 3.05) is 38.7 Å². The van der Waals surface area contributed by atoms with Crippen molar-refractivity contribution < 1.29 is 9.47 Å². The number of rotatable bonds is 7. The third-order valence-electron chi connectivity index (χ3n) is 3.24. The Bertz CT molecular complexity index is 367. The number of methoxy groups -OCH3 is 1. The van der Waals surface area contributed by atoms with Gasteiger partial charge < -0.3 is 20.1 Å². The second kappa shape index (κ2) is 7.96. The van der Waals surface area contributed by atoms with Crippen LogP contribution in [0.5, 0.6) is 5.75 Å². The van der Waals surface area contributed by atoms with E-state index in [0.717, 1.165) is 57.1 Å². The molecule has 5 nitrogen and oxygen atoms in total. The van der Waals surface area contributed by atoms with E-state index in [4.69, 9.17) is 9.47 Å². The van der Waals surface area contributed by atoms with Gasteiger partial charge in [-0.15, -0.1) is 0 Å². The average Bonchev–Trinajstić information content (AvgIpc) is 2.48. The van der Waals surface area contributed by atoms with E-state index in [-0.39, 0.29) is 0 Å². The van der Waals surface area contributed by atoms with Gasteiger partial charge in [-0.3, -0.25) is 0 Å². The lowest BCUT2D eigenvalue weighted by Gasteiger charge is -2.22. The summed E-state index contributed by atoms with van der Waals surface area (Å²) in [5.41, 5.74) is 0. The van der Waals surface area contributed by atoms with Crippen molar-refractivity contribution in [2.45, 2.75) is 25.4 Å². The molecule has 19 heavy (non-hydrogen) atoms. The minimum Gasteiger partial charge on any atom is -0.493 e. The number of anilines is 1. The van der Waals surface area contributed by atoms with E-state index in [0.29, 0.717) is 6.10 Å². The number of nitrogens with zero attached hydrogens (tertiary/aromatic N) is 1. The zero-order valence-electron chi connectivity index (χ0n) is 11.5. The van der Waals surface area contributed by atoms with Gasteiger partial charge in [-0.1, -0.05) is 0 Å². The minimum atomic E-state index is 0.436. The molecule has 2 rings (SSSR count). The van der Waals surface area contributed by atoms with Crippen LogP contribution in [-0.4, -0.2) is 44.4 Å². The number of aromatic nitrogens is 1. The van der Waals surface area contributed by atoms with Crippen molar-refractivity contribution in [3.05, 3.63) is 18.3 Å². The Hall–Kier alpha value is -1.33. The summed E-state index contributed by atoms with van der Waals surface area (Å²) in [6, 6.07) is 3.77. The number of pyridine rings is 1. The van der Waals surface area contributed by atoms with Crippen LogP contribution in [0.25, 0.3) is 0 Å². The van der Waals surface area contributed by atoms with Crippen LogP contribution in [0.4, 0.5) is 5.82 Å². The number of ether oxygens (including phenoxy) is 2. The largest absolute Gasteiger partial charge is 0.493 e. The van der Waals surface area contributed by atoms with Crippen LogP contribution in [0.1, 0.15) is 19.3 Å². The van der Waals surface area contributed by atoms with Gasteiger partial charge >= 0.3 is 0 Å². The van der Waals surface area contributed by atoms with E-state index in [1.165, 1.54) is 0 Å². The molecule has 106 valence electrons. The van der Waals surface area contributed by atoms with E-state index in [9.17, 15) is 0 Å². The molecule has 0 spiro atoms. The van der Waals surface area contributed by atoms with Gasteiger partial charge in [0.15, 0.2) is 11.6 Å². The second-order valence-electron chi connectivity index (χ2n) is 4.65. The summed E-state index contributed by atoms with van der Waals surface area (Å²) >= 11 is 0. The molecule has 1 aliphatic heterocycles. The fourth-order valence-corrected chi connectivity index (χ4v) is 2.18. The molecular weight excluding hydrogens is 242 g/mol. The summed E-state index contributed by atoms with van der Waals surface area (Å²) in [5.74, 6) is 1.58. The van der Waals surface area contributed by atoms with Gasteiger partial charge in [0.2, 0.25) is 0 Å². The van der Waals surface area contributed by atoms with Gasteiger partial charge in [0, 0.05) is 19.3 Å². The third kappa shape index (κ3) is 4.69. The molecule has 5 heteroatoms. The Morgan fingerprint density at radius 1 is 1.42 bits per heavy atom. The predicted octanol–water partition coefficient (Wildman–Crippen LogP) is 1.66. The number of hydrogen-bond acceptors (Lipinski definition) is 5. The number of nitrogens with one attached hydrogen (secondary N) is 2. The lowest BCUT2D eigenvalue weighted by Crippen LogP contribution is -2.32. The van der Waals surface area contributed by atoms with Crippen LogP contribution in [0.15, 0.2) is 18.3 Å². The summed E-state index contributed by atoms with van der Waals surface area (Å²) in [6.45, 7) is 3.80. The van der Waals surface area contributed by atoms with Crippen LogP contribution in [0, 0.1) is 0 Å². The maximum Gasteiger partial charge on any atom is 0.168 e. The normalized spacial score (nSPS) is 16.3. The lowest BCUT2D eigenvalue weighted by atomic mass is 10.1. The number of hydrogen-bond donors (Lipinski definition) is 2.